The molecular formula is C30H32Cl6O8. The standard InChI is InChI=1S/C30H32Cl6O8/c1-7-29(5,8-2)13-41-25(37)19-21(35)15(31)11-17(33)23(19)43-27(39)28(40)44-24-18(34)12-16(32)22(36)20(24)26(38)42-14-30(6,9-3)10-4/h11-12H,7-10,13-14H2,1-6H3. The van der Waals surface area contributed by atoms with Gasteiger partial charge in [0.2, 0.25) is 0 Å². The first-order chi connectivity index (χ1) is 20.5. The van der Waals surface area contributed by atoms with Crippen molar-refractivity contribution in [1.29, 1.82) is 0 Å². The molecule has 0 fully saturated rings. The van der Waals surface area contributed by atoms with Crippen LogP contribution in [0.1, 0.15) is 87.9 Å². The molecule has 8 nitrogen and oxygen atoms in total. The number of hydrogen-bond donors (Lipinski definition) is 0. The molecule has 0 radical (unpaired) electrons. The van der Waals surface area contributed by atoms with Crippen LogP contribution in [0.4, 0.5) is 0 Å². The van der Waals surface area contributed by atoms with E-state index in [0.29, 0.717) is 25.7 Å². The summed E-state index contributed by atoms with van der Waals surface area (Å²) in [5, 5.41) is -1.56. The number of halogens is 6. The van der Waals surface area contributed by atoms with Gasteiger partial charge < -0.3 is 18.9 Å². The van der Waals surface area contributed by atoms with Gasteiger partial charge in [0.15, 0.2) is 11.5 Å². The second kappa shape index (κ2) is 16.1. The van der Waals surface area contributed by atoms with Crippen molar-refractivity contribution in [2.45, 2.75) is 67.2 Å². The SMILES string of the molecule is CCC(C)(CC)COC(=O)c1c(Cl)c(Cl)cc(Cl)c1OC(=O)C(=O)Oc1c(Cl)cc(Cl)c(Cl)c1C(=O)OCC(C)(CC)CC. The van der Waals surface area contributed by atoms with E-state index in [1.54, 1.807) is 0 Å². The molecule has 0 atom stereocenters. The molecule has 0 aliphatic rings. The molecule has 0 bridgehead atoms. The monoisotopic (exact) mass is 730 g/mol. The third kappa shape index (κ3) is 9.08. The minimum Gasteiger partial charge on any atom is -0.461 e. The average molecular weight is 733 g/mol. The highest BCUT2D eigenvalue weighted by Crippen LogP contribution is 2.42. The normalized spacial score (nSPS) is 11.6. The molecule has 2 aromatic rings. The Hall–Kier alpha value is -1.94. The summed E-state index contributed by atoms with van der Waals surface area (Å²) < 4.78 is 21.2. The summed E-state index contributed by atoms with van der Waals surface area (Å²) in [6.45, 7) is 11.6. The zero-order chi connectivity index (χ0) is 33.6. The van der Waals surface area contributed by atoms with Crippen molar-refractivity contribution >= 4 is 93.5 Å². The molecule has 0 saturated heterocycles. The molecule has 0 spiro atoms. The van der Waals surface area contributed by atoms with Crippen LogP contribution in [0, 0.1) is 10.8 Å². The van der Waals surface area contributed by atoms with E-state index in [1.165, 1.54) is 0 Å². The number of carbonyl (C=O) groups excluding carboxylic acids is 4. The Kier molecular flexibility index (Phi) is 14.0. The maximum atomic E-state index is 13.1. The van der Waals surface area contributed by atoms with Gasteiger partial charge in [0, 0.05) is 10.8 Å². The Morgan fingerprint density at radius 1 is 0.568 bits per heavy atom. The molecule has 0 N–H and O–H groups in total. The molecule has 0 saturated carbocycles. The van der Waals surface area contributed by atoms with Crippen LogP contribution < -0.4 is 9.47 Å². The van der Waals surface area contributed by atoms with Crippen LogP contribution in [0.15, 0.2) is 12.1 Å². The molecule has 0 amide bonds. The molecule has 44 heavy (non-hydrogen) atoms. The van der Waals surface area contributed by atoms with Crippen molar-refractivity contribution in [1.82, 2.24) is 0 Å². The van der Waals surface area contributed by atoms with E-state index < -0.39 is 46.5 Å². The van der Waals surface area contributed by atoms with Gasteiger partial charge in [-0.25, -0.2) is 19.2 Å². The number of benzene rings is 2. The summed E-state index contributed by atoms with van der Waals surface area (Å²) in [4.78, 5) is 52.0. The molecule has 0 aliphatic carbocycles. The fraction of sp³-hybridized carbons (Fsp3) is 0.467. The van der Waals surface area contributed by atoms with Crippen molar-refractivity contribution in [2.75, 3.05) is 13.2 Å². The molecule has 2 aromatic carbocycles. The van der Waals surface area contributed by atoms with E-state index >= 15 is 0 Å². The van der Waals surface area contributed by atoms with Crippen LogP contribution in [-0.4, -0.2) is 37.1 Å². The third-order valence-corrected chi connectivity index (χ3v) is 9.87. The van der Waals surface area contributed by atoms with Crippen LogP contribution in [0.3, 0.4) is 0 Å². The molecule has 14 heteroatoms. The summed E-state index contributed by atoms with van der Waals surface area (Å²) in [7, 11) is 0. The maximum absolute atomic E-state index is 13.1. The van der Waals surface area contributed by atoms with Gasteiger partial charge in [-0.15, -0.1) is 0 Å². The van der Waals surface area contributed by atoms with Crippen molar-refractivity contribution in [3.05, 3.63) is 53.4 Å². The van der Waals surface area contributed by atoms with Gasteiger partial charge in [-0.2, -0.15) is 0 Å². The Morgan fingerprint density at radius 3 is 1.14 bits per heavy atom. The molecular weight excluding hydrogens is 701 g/mol. The average Bonchev–Trinajstić information content (AvgIpc) is 2.99. The lowest BCUT2D eigenvalue weighted by molar-refractivity contribution is -0.156. The lowest BCUT2D eigenvalue weighted by Gasteiger charge is -2.26. The summed E-state index contributed by atoms with van der Waals surface area (Å²) in [5.74, 6) is -6.49. The Balaban J connectivity index is 2.42. The predicted molar refractivity (Wildman–Crippen MR) is 172 cm³/mol. The van der Waals surface area contributed by atoms with Crippen LogP contribution in [0.25, 0.3) is 0 Å². The second-order valence-electron chi connectivity index (χ2n) is 10.7. The Bertz CT molecular complexity index is 1330. The van der Waals surface area contributed by atoms with Gasteiger partial charge in [-0.1, -0.05) is 111 Å². The first kappa shape index (κ1) is 38.2. The van der Waals surface area contributed by atoms with Gasteiger partial charge in [0.25, 0.3) is 0 Å². The molecule has 0 unspecified atom stereocenters. The topological polar surface area (TPSA) is 105 Å². The van der Waals surface area contributed by atoms with E-state index in [2.05, 4.69) is 0 Å². The largest absolute Gasteiger partial charge is 0.461 e. The van der Waals surface area contributed by atoms with Gasteiger partial charge in [0.05, 0.1) is 43.3 Å². The smallest absolute Gasteiger partial charge is 0.423 e. The van der Waals surface area contributed by atoms with E-state index in [1.807, 2.05) is 41.5 Å². The molecule has 0 aliphatic heterocycles. The summed E-state index contributed by atoms with van der Waals surface area (Å²) >= 11 is 37.2. The van der Waals surface area contributed by atoms with Crippen molar-refractivity contribution in [3.63, 3.8) is 0 Å². The molecule has 0 heterocycles. The number of esters is 4. The lowest BCUT2D eigenvalue weighted by Crippen LogP contribution is -2.28. The number of rotatable bonds is 12. The van der Waals surface area contributed by atoms with Crippen LogP contribution in [0.2, 0.25) is 30.1 Å². The van der Waals surface area contributed by atoms with Gasteiger partial charge in [-0.3, -0.25) is 0 Å². The van der Waals surface area contributed by atoms with Crippen molar-refractivity contribution in [3.8, 4) is 11.5 Å². The summed E-state index contributed by atoms with van der Waals surface area (Å²) in [5.41, 5.74) is -1.64. The first-order valence-electron chi connectivity index (χ1n) is 13.6. The minimum absolute atomic E-state index is 0.0130. The van der Waals surface area contributed by atoms with Crippen LogP contribution >= 0.6 is 69.6 Å². The first-order valence-corrected chi connectivity index (χ1v) is 15.9. The zero-order valence-electron chi connectivity index (χ0n) is 24.9. The van der Waals surface area contributed by atoms with Crippen molar-refractivity contribution < 1.29 is 38.1 Å². The summed E-state index contributed by atoms with van der Waals surface area (Å²) in [6.07, 6.45) is 2.82. The molecule has 2 rings (SSSR count). The molecule has 0 aromatic heterocycles. The highest BCUT2D eigenvalue weighted by Gasteiger charge is 2.33. The maximum Gasteiger partial charge on any atom is 0.423 e. The fourth-order valence-corrected chi connectivity index (χ4v) is 4.96. The van der Waals surface area contributed by atoms with E-state index in [-0.39, 0.29) is 54.2 Å². The Labute approximate surface area is 286 Å². The second-order valence-corrected chi connectivity index (χ2v) is 13.1. The highest BCUT2D eigenvalue weighted by molar-refractivity contribution is 6.47. The molecule has 242 valence electrons. The van der Waals surface area contributed by atoms with Crippen LogP contribution in [-0.2, 0) is 19.1 Å². The quantitative estimate of drug-likeness (QED) is 0.0919. The van der Waals surface area contributed by atoms with Crippen molar-refractivity contribution in [2.24, 2.45) is 10.8 Å². The van der Waals surface area contributed by atoms with Gasteiger partial charge >= 0.3 is 23.9 Å². The minimum atomic E-state index is -1.66. The number of carbonyl (C=O) groups is 4. The Morgan fingerprint density at radius 2 is 0.864 bits per heavy atom. The summed E-state index contributed by atoms with van der Waals surface area (Å²) in [6, 6.07) is 2.23. The van der Waals surface area contributed by atoms with Gasteiger partial charge in [0.1, 0.15) is 11.1 Å². The van der Waals surface area contributed by atoms with Crippen LogP contribution in [0.5, 0.6) is 11.5 Å². The third-order valence-electron chi connectivity index (χ3n) is 7.74. The van der Waals surface area contributed by atoms with Gasteiger partial charge in [-0.05, 0) is 37.8 Å². The lowest BCUT2D eigenvalue weighted by atomic mass is 9.86. The predicted octanol–water partition coefficient (Wildman–Crippen LogP) is 10.1. The van der Waals surface area contributed by atoms with E-state index in [9.17, 15) is 19.2 Å². The van der Waals surface area contributed by atoms with E-state index in [0.717, 1.165) is 12.1 Å². The van der Waals surface area contributed by atoms with E-state index in [4.69, 9.17) is 88.6 Å². The highest BCUT2D eigenvalue weighted by atomic mass is 35.5. The number of ether oxygens (including phenoxy) is 4. The number of hydrogen-bond acceptors (Lipinski definition) is 8. The zero-order valence-corrected chi connectivity index (χ0v) is 29.5. The fourth-order valence-electron chi connectivity index (χ4n) is 3.52.